The summed E-state index contributed by atoms with van der Waals surface area (Å²) in [6.45, 7) is 0. The molecule has 2 heterocycles. The summed E-state index contributed by atoms with van der Waals surface area (Å²) in [6.07, 6.45) is 5.23. The maximum Gasteiger partial charge on any atom is 0.209 e. The molecule has 0 fully saturated rings. The van der Waals surface area contributed by atoms with E-state index in [1.807, 2.05) is 13.2 Å². The van der Waals surface area contributed by atoms with Crippen molar-refractivity contribution in [1.29, 1.82) is 0 Å². The summed E-state index contributed by atoms with van der Waals surface area (Å²) in [4.78, 5) is 3.98. The Balaban J connectivity index is 2.35. The number of rotatable bonds is 2. The SMILES string of the molecule is Cn1cc(-c2cnc(CCl)o2)cn1. The zero-order valence-electron chi connectivity index (χ0n) is 7.07. The van der Waals surface area contributed by atoms with Gasteiger partial charge in [-0.2, -0.15) is 5.10 Å². The van der Waals surface area contributed by atoms with E-state index in [2.05, 4.69) is 10.1 Å². The van der Waals surface area contributed by atoms with E-state index >= 15 is 0 Å². The quantitative estimate of drug-likeness (QED) is 0.690. The van der Waals surface area contributed by atoms with E-state index in [4.69, 9.17) is 16.0 Å². The molecule has 0 aliphatic carbocycles. The van der Waals surface area contributed by atoms with E-state index in [1.54, 1.807) is 17.1 Å². The predicted octanol–water partition coefficient (Wildman–Crippen LogP) is 1.81. The van der Waals surface area contributed by atoms with E-state index in [0.717, 1.165) is 5.56 Å². The van der Waals surface area contributed by atoms with Gasteiger partial charge in [0, 0.05) is 13.2 Å². The van der Waals surface area contributed by atoms with Crippen molar-refractivity contribution in [2.24, 2.45) is 7.05 Å². The van der Waals surface area contributed by atoms with Crippen molar-refractivity contribution in [2.75, 3.05) is 0 Å². The molecule has 0 aliphatic rings. The van der Waals surface area contributed by atoms with Gasteiger partial charge in [-0.05, 0) is 0 Å². The van der Waals surface area contributed by atoms with E-state index in [9.17, 15) is 0 Å². The van der Waals surface area contributed by atoms with Crippen LogP contribution in [0.25, 0.3) is 11.3 Å². The van der Waals surface area contributed by atoms with Crippen LogP contribution in [0, 0.1) is 0 Å². The smallest absolute Gasteiger partial charge is 0.209 e. The molecular weight excluding hydrogens is 190 g/mol. The number of alkyl halides is 1. The van der Waals surface area contributed by atoms with Crippen molar-refractivity contribution in [3.8, 4) is 11.3 Å². The molecule has 0 radical (unpaired) electrons. The number of aryl methyl sites for hydroxylation is 1. The molecule has 0 spiro atoms. The highest BCUT2D eigenvalue weighted by Gasteiger charge is 2.06. The molecule has 2 rings (SSSR count). The minimum absolute atomic E-state index is 0.292. The van der Waals surface area contributed by atoms with Crippen molar-refractivity contribution in [2.45, 2.75) is 5.88 Å². The van der Waals surface area contributed by atoms with Crippen LogP contribution in [0.4, 0.5) is 0 Å². The predicted molar refractivity (Wildman–Crippen MR) is 48.3 cm³/mol. The van der Waals surface area contributed by atoms with Gasteiger partial charge >= 0.3 is 0 Å². The highest BCUT2D eigenvalue weighted by atomic mass is 35.5. The summed E-state index contributed by atoms with van der Waals surface area (Å²) < 4.78 is 7.04. The monoisotopic (exact) mass is 197 g/mol. The second-order valence-electron chi connectivity index (χ2n) is 2.65. The van der Waals surface area contributed by atoms with Crippen LogP contribution >= 0.6 is 11.6 Å². The molecule has 0 aliphatic heterocycles. The molecule has 5 heteroatoms. The van der Waals surface area contributed by atoms with Crippen LogP contribution < -0.4 is 0 Å². The Morgan fingerprint density at radius 3 is 2.92 bits per heavy atom. The third-order valence-electron chi connectivity index (χ3n) is 1.66. The van der Waals surface area contributed by atoms with Gasteiger partial charge in [-0.25, -0.2) is 4.98 Å². The minimum Gasteiger partial charge on any atom is -0.439 e. The summed E-state index contributed by atoms with van der Waals surface area (Å²) in [6, 6.07) is 0. The highest BCUT2D eigenvalue weighted by molar-refractivity contribution is 6.16. The van der Waals surface area contributed by atoms with Crippen LogP contribution in [0.3, 0.4) is 0 Å². The van der Waals surface area contributed by atoms with Crippen molar-refractivity contribution in [3.05, 3.63) is 24.5 Å². The maximum absolute atomic E-state index is 5.56. The first-order valence-corrected chi connectivity index (χ1v) is 4.33. The largest absolute Gasteiger partial charge is 0.439 e. The molecule has 4 nitrogen and oxygen atoms in total. The van der Waals surface area contributed by atoms with E-state index < -0.39 is 0 Å². The molecule has 2 aromatic rings. The lowest BCUT2D eigenvalue weighted by Gasteiger charge is -1.87. The fourth-order valence-electron chi connectivity index (χ4n) is 1.05. The van der Waals surface area contributed by atoms with Crippen LogP contribution in [0.5, 0.6) is 0 Å². The Hall–Kier alpha value is -1.29. The molecule has 0 saturated heterocycles. The molecule has 0 bridgehead atoms. The number of hydrogen-bond donors (Lipinski definition) is 0. The van der Waals surface area contributed by atoms with Crippen LogP contribution in [0.1, 0.15) is 5.89 Å². The normalized spacial score (nSPS) is 10.6. The summed E-state index contributed by atoms with van der Waals surface area (Å²) in [5.74, 6) is 1.52. The third kappa shape index (κ3) is 1.58. The van der Waals surface area contributed by atoms with Gasteiger partial charge in [0.05, 0.1) is 23.8 Å². The Bertz CT molecular complexity index is 407. The van der Waals surface area contributed by atoms with E-state index in [0.29, 0.717) is 17.5 Å². The minimum atomic E-state index is 0.292. The van der Waals surface area contributed by atoms with Gasteiger partial charge in [0.25, 0.3) is 0 Å². The van der Waals surface area contributed by atoms with Crippen LogP contribution in [0.15, 0.2) is 23.0 Å². The van der Waals surface area contributed by atoms with Crippen molar-refractivity contribution >= 4 is 11.6 Å². The average Bonchev–Trinajstić information content (AvgIpc) is 2.71. The molecule has 0 amide bonds. The molecule has 0 unspecified atom stereocenters. The Morgan fingerprint density at radius 1 is 1.54 bits per heavy atom. The molecular formula is C8H8ClN3O. The van der Waals surface area contributed by atoms with Gasteiger partial charge in [0.1, 0.15) is 0 Å². The van der Waals surface area contributed by atoms with Gasteiger partial charge in [-0.1, -0.05) is 0 Å². The van der Waals surface area contributed by atoms with Crippen molar-refractivity contribution in [3.63, 3.8) is 0 Å². The molecule has 0 N–H and O–H groups in total. The summed E-state index contributed by atoms with van der Waals surface area (Å²) >= 11 is 5.56. The zero-order chi connectivity index (χ0) is 9.26. The zero-order valence-corrected chi connectivity index (χ0v) is 7.82. The Morgan fingerprint density at radius 2 is 2.38 bits per heavy atom. The summed E-state index contributed by atoms with van der Waals surface area (Å²) in [5.41, 5.74) is 0.909. The second-order valence-corrected chi connectivity index (χ2v) is 2.92. The molecule has 0 atom stereocenters. The van der Waals surface area contributed by atoms with Crippen LogP contribution in [-0.4, -0.2) is 14.8 Å². The standard InChI is InChI=1S/C8H8ClN3O/c1-12-5-6(3-11-12)7-4-10-8(2-9)13-7/h3-5H,2H2,1H3. The molecule has 13 heavy (non-hydrogen) atoms. The number of aromatic nitrogens is 3. The third-order valence-corrected chi connectivity index (χ3v) is 1.89. The Labute approximate surface area is 80.1 Å². The first kappa shape index (κ1) is 8.31. The van der Waals surface area contributed by atoms with Gasteiger partial charge in [-0.15, -0.1) is 11.6 Å². The lowest BCUT2D eigenvalue weighted by atomic mass is 10.3. The number of hydrogen-bond acceptors (Lipinski definition) is 3. The first-order valence-electron chi connectivity index (χ1n) is 3.79. The van der Waals surface area contributed by atoms with Gasteiger partial charge < -0.3 is 4.42 Å². The number of halogens is 1. The van der Waals surface area contributed by atoms with Gasteiger partial charge in [0.2, 0.25) is 5.89 Å². The average molecular weight is 198 g/mol. The highest BCUT2D eigenvalue weighted by Crippen LogP contribution is 2.19. The van der Waals surface area contributed by atoms with Gasteiger partial charge in [-0.3, -0.25) is 4.68 Å². The lowest BCUT2D eigenvalue weighted by molar-refractivity contribution is 0.528. The van der Waals surface area contributed by atoms with Crippen LogP contribution in [0.2, 0.25) is 0 Å². The molecule has 0 aromatic carbocycles. The Kier molecular flexibility index (Phi) is 2.06. The summed E-state index contributed by atoms with van der Waals surface area (Å²) in [5, 5.41) is 4.02. The van der Waals surface area contributed by atoms with Gasteiger partial charge in [0.15, 0.2) is 5.76 Å². The lowest BCUT2D eigenvalue weighted by Crippen LogP contribution is -1.83. The molecule has 68 valence electrons. The number of nitrogens with zero attached hydrogens (tertiary/aromatic N) is 3. The van der Waals surface area contributed by atoms with Crippen molar-refractivity contribution < 1.29 is 4.42 Å². The molecule has 0 saturated carbocycles. The fraction of sp³-hybridized carbons (Fsp3) is 0.250. The maximum atomic E-state index is 5.56. The topological polar surface area (TPSA) is 43.9 Å². The summed E-state index contributed by atoms with van der Waals surface area (Å²) in [7, 11) is 1.85. The van der Waals surface area contributed by atoms with Crippen LogP contribution in [-0.2, 0) is 12.9 Å². The number of oxazole rings is 1. The second kappa shape index (κ2) is 3.22. The van der Waals surface area contributed by atoms with Crippen molar-refractivity contribution in [1.82, 2.24) is 14.8 Å². The fourth-order valence-corrected chi connectivity index (χ4v) is 1.18. The first-order chi connectivity index (χ1) is 6.29. The van der Waals surface area contributed by atoms with E-state index in [-0.39, 0.29) is 0 Å². The van der Waals surface area contributed by atoms with E-state index in [1.165, 1.54) is 0 Å². The molecule has 2 aromatic heterocycles.